The summed E-state index contributed by atoms with van der Waals surface area (Å²) in [7, 11) is 0. The van der Waals surface area contributed by atoms with E-state index in [0.29, 0.717) is 29.4 Å². The predicted octanol–water partition coefficient (Wildman–Crippen LogP) is 6.59. The molecule has 9 nitrogen and oxygen atoms in total. The Morgan fingerprint density at radius 2 is 1.45 bits per heavy atom. The summed E-state index contributed by atoms with van der Waals surface area (Å²) in [5, 5.41) is 14.1. The number of carbonyl (C=O) groups excluding carboxylic acids is 2. The number of piperazine rings is 1. The first-order chi connectivity index (χ1) is 26.9. The molecule has 9 heteroatoms. The monoisotopic (exact) mass is 735 g/mol. The first-order valence-corrected chi connectivity index (χ1v) is 20.1. The van der Waals surface area contributed by atoms with Crippen LogP contribution in [0.1, 0.15) is 72.2 Å². The van der Waals surface area contributed by atoms with Gasteiger partial charge in [-0.05, 0) is 109 Å². The number of amides is 2. The average molecular weight is 736 g/mol. The maximum absolute atomic E-state index is 13.5. The molecule has 0 bridgehead atoms. The normalized spacial score (nSPS) is 22.4. The molecule has 2 N–H and O–H groups in total. The lowest BCUT2D eigenvalue weighted by atomic mass is 9.69. The highest BCUT2D eigenvalue weighted by molar-refractivity contribution is 6.00. The fourth-order valence-electron chi connectivity index (χ4n) is 9.83. The van der Waals surface area contributed by atoms with E-state index in [9.17, 15) is 19.5 Å². The van der Waals surface area contributed by atoms with Crippen LogP contribution in [-0.2, 0) is 16.0 Å². The third-order valence-electron chi connectivity index (χ3n) is 12.8. The molecule has 0 radical (unpaired) electrons. The molecule has 1 aliphatic carbocycles. The van der Waals surface area contributed by atoms with Gasteiger partial charge in [-0.1, -0.05) is 54.6 Å². The zero-order valence-electron chi connectivity index (χ0n) is 31.3. The minimum Gasteiger partial charge on any atom is -0.508 e. The molecule has 3 aliphatic heterocycles. The van der Waals surface area contributed by atoms with Crippen molar-refractivity contribution < 1.29 is 14.7 Å². The van der Waals surface area contributed by atoms with E-state index in [2.05, 4.69) is 86.7 Å². The number of hydrogen-bond acceptors (Lipinski definition) is 7. The second-order valence-electron chi connectivity index (χ2n) is 16.0. The van der Waals surface area contributed by atoms with E-state index < -0.39 is 11.9 Å². The maximum atomic E-state index is 13.5. The van der Waals surface area contributed by atoms with Crippen molar-refractivity contribution in [1.29, 1.82) is 0 Å². The van der Waals surface area contributed by atoms with Gasteiger partial charge >= 0.3 is 0 Å². The summed E-state index contributed by atoms with van der Waals surface area (Å²) in [5.41, 5.74) is 7.48. The van der Waals surface area contributed by atoms with Crippen molar-refractivity contribution in [1.82, 2.24) is 14.8 Å². The largest absolute Gasteiger partial charge is 0.508 e. The van der Waals surface area contributed by atoms with Gasteiger partial charge in [0.2, 0.25) is 11.8 Å². The van der Waals surface area contributed by atoms with Crippen molar-refractivity contribution in [2.24, 2.45) is 5.92 Å². The molecule has 2 amide bonds. The van der Waals surface area contributed by atoms with Gasteiger partial charge in [-0.2, -0.15) is 0 Å². The first-order valence-electron chi connectivity index (χ1n) is 20.1. The molecule has 9 rings (SSSR count). The topological polar surface area (TPSA) is 98.1 Å². The molecule has 3 fully saturated rings. The highest BCUT2D eigenvalue weighted by atomic mass is 16.3. The number of pyridine rings is 1. The molecule has 282 valence electrons. The van der Waals surface area contributed by atoms with Crippen LogP contribution in [0, 0.1) is 5.92 Å². The number of fused-ring (bicyclic) bond motifs is 2. The Balaban J connectivity index is 0.809. The molecular weight excluding hydrogens is 687 g/mol. The molecule has 0 spiro atoms. The highest BCUT2D eigenvalue weighted by Gasteiger charge is 2.33. The number of phenols is 1. The Kier molecular flexibility index (Phi) is 9.64. The van der Waals surface area contributed by atoms with Crippen molar-refractivity contribution in [2.75, 3.05) is 55.6 Å². The summed E-state index contributed by atoms with van der Waals surface area (Å²) >= 11 is 0. The number of phenolic OH excluding ortho intramolecular Hbond substituents is 1. The SMILES string of the molecule is O=C1CC[C@H](n2ccc3c(N4CCN(CC5CCN(c6ccc(C7c8ccc(O)cc8CCC7c7ccccc7)cc6)CC5)CC4)cccc3c2=O)C(=O)N1. The van der Waals surface area contributed by atoms with Crippen LogP contribution >= 0.6 is 0 Å². The molecule has 2 unspecified atom stereocenters. The quantitative estimate of drug-likeness (QED) is 0.182. The lowest BCUT2D eigenvalue weighted by Gasteiger charge is -2.40. The zero-order valence-corrected chi connectivity index (χ0v) is 31.3. The Morgan fingerprint density at radius 3 is 2.22 bits per heavy atom. The molecule has 55 heavy (non-hydrogen) atoms. The van der Waals surface area contributed by atoms with Crippen LogP contribution in [0.15, 0.2) is 108 Å². The van der Waals surface area contributed by atoms with Gasteiger partial charge in [-0.15, -0.1) is 0 Å². The van der Waals surface area contributed by atoms with Gasteiger partial charge in [0, 0.05) is 86.5 Å². The minimum atomic E-state index is -0.662. The lowest BCUT2D eigenvalue weighted by Crippen LogP contribution is -2.49. The summed E-state index contributed by atoms with van der Waals surface area (Å²) in [6, 6.07) is 33.3. The molecule has 4 heterocycles. The van der Waals surface area contributed by atoms with E-state index in [1.807, 2.05) is 30.3 Å². The zero-order chi connectivity index (χ0) is 37.5. The predicted molar refractivity (Wildman–Crippen MR) is 217 cm³/mol. The van der Waals surface area contributed by atoms with Crippen LogP contribution in [0.4, 0.5) is 11.4 Å². The number of anilines is 2. The van der Waals surface area contributed by atoms with Gasteiger partial charge in [0.15, 0.2) is 0 Å². The third kappa shape index (κ3) is 7.02. The van der Waals surface area contributed by atoms with Crippen LogP contribution in [0.3, 0.4) is 0 Å². The van der Waals surface area contributed by atoms with E-state index in [1.165, 1.54) is 45.3 Å². The van der Waals surface area contributed by atoms with Crippen molar-refractivity contribution in [3.05, 3.63) is 136 Å². The fraction of sp³-hybridized carbons (Fsp3) is 0.370. The minimum absolute atomic E-state index is 0.191. The molecule has 0 saturated carbocycles. The number of carbonyl (C=O) groups is 2. The Hall–Kier alpha value is -5.41. The molecular formula is C46H49N5O4. The van der Waals surface area contributed by atoms with Crippen LogP contribution in [0.5, 0.6) is 5.75 Å². The number of aromatic nitrogens is 1. The number of piperidine rings is 2. The molecule has 3 saturated heterocycles. The third-order valence-corrected chi connectivity index (χ3v) is 12.8. The van der Waals surface area contributed by atoms with Crippen molar-refractivity contribution >= 4 is 34.0 Å². The number of aryl methyl sites for hydroxylation is 1. The molecule has 5 aromatic rings. The molecule has 4 aliphatic rings. The number of nitrogens with zero attached hydrogens (tertiary/aromatic N) is 4. The summed E-state index contributed by atoms with van der Waals surface area (Å²) in [5.74, 6) is 0.986. The maximum Gasteiger partial charge on any atom is 0.259 e. The smallest absolute Gasteiger partial charge is 0.259 e. The van der Waals surface area contributed by atoms with Crippen LogP contribution in [0.25, 0.3) is 10.8 Å². The van der Waals surface area contributed by atoms with E-state index >= 15 is 0 Å². The molecule has 4 aromatic carbocycles. The number of rotatable bonds is 7. The summed E-state index contributed by atoms with van der Waals surface area (Å²) in [6.45, 7) is 7.02. The number of aromatic hydroxyl groups is 1. The van der Waals surface area contributed by atoms with E-state index in [0.717, 1.165) is 69.7 Å². The number of imide groups is 1. The van der Waals surface area contributed by atoms with Crippen LogP contribution in [-0.4, -0.2) is 72.2 Å². The molecule has 3 atom stereocenters. The van der Waals surface area contributed by atoms with E-state index in [-0.39, 0.29) is 23.8 Å². The van der Waals surface area contributed by atoms with Gasteiger partial charge in [0.05, 0.1) is 0 Å². The standard InChI is InChI=1S/C46H49N5O4/c52-36-14-16-38-34(29-36)11-15-37(32-5-2-1-3-6-32)44(38)33-9-12-35(13-10-33)49-22-19-31(20-23-49)30-48-25-27-50(28-26-48)41-8-4-7-40-39(41)21-24-51(46(40)55)42-17-18-43(53)47-45(42)54/h1-10,12-14,16,21,24,29,31,37,42,44,52H,11,15,17-20,22-23,25-28,30H2,(H,47,53,54)/t37?,42-,44?/m0/s1. The Morgan fingerprint density at radius 1 is 0.673 bits per heavy atom. The summed E-state index contributed by atoms with van der Waals surface area (Å²) < 4.78 is 1.48. The van der Waals surface area contributed by atoms with E-state index in [4.69, 9.17) is 0 Å². The average Bonchev–Trinajstić information content (AvgIpc) is 3.22. The van der Waals surface area contributed by atoms with Gasteiger partial charge in [0.1, 0.15) is 11.8 Å². The highest BCUT2D eigenvalue weighted by Crippen LogP contribution is 2.47. The first kappa shape index (κ1) is 35.3. The van der Waals surface area contributed by atoms with Crippen molar-refractivity contribution in [3.63, 3.8) is 0 Å². The second kappa shape index (κ2) is 15.0. The number of hydrogen-bond donors (Lipinski definition) is 2. The van der Waals surface area contributed by atoms with Gasteiger partial charge in [-0.3, -0.25) is 24.6 Å². The molecule has 1 aromatic heterocycles. The Labute approximate surface area is 322 Å². The summed E-state index contributed by atoms with van der Waals surface area (Å²) in [4.78, 5) is 45.2. The van der Waals surface area contributed by atoms with Gasteiger partial charge in [-0.25, -0.2) is 0 Å². The van der Waals surface area contributed by atoms with Gasteiger partial charge < -0.3 is 19.5 Å². The number of benzene rings is 4. The van der Waals surface area contributed by atoms with E-state index in [1.54, 1.807) is 6.20 Å². The van der Waals surface area contributed by atoms with Crippen LogP contribution < -0.4 is 20.7 Å². The second-order valence-corrected chi connectivity index (χ2v) is 16.0. The fourth-order valence-corrected chi connectivity index (χ4v) is 9.83. The van der Waals surface area contributed by atoms with Crippen molar-refractivity contribution in [2.45, 2.75) is 56.4 Å². The summed E-state index contributed by atoms with van der Waals surface area (Å²) in [6.07, 6.45) is 6.69. The van der Waals surface area contributed by atoms with Crippen LogP contribution in [0.2, 0.25) is 0 Å². The number of nitrogens with one attached hydrogen (secondary N) is 1. The lowest BCUT2D eigenvalue weighted by molar-refractivity contribution is -0.135. The van der Waals surface area contributed by atoms with Crippen molar-refractivity contribution in [3.8, 4) is 5.75 Å². The van der Waals surface area contributed by atoms with Gasteiger partial charge in [0.25, 0.3) is 5.56 Å². The Bertz CT molecular complexity index is 2250.